The maximum atomic E-state index is 12.1. The van der Waals surface area contributed by atoms with Crippen molar-refractivity contribution in [3.05, 3.63) is 303 Å². The second kappa shape index (κ2) is 58.4. The monoisotopic (exact) mass is 1860 g/mol. The summed E-state index contributed by atoms with van der Waals surface area (Å²) in [6.45, 7) is 47.4. The Morgan fingerprint density at radius 1 is 0.390 bits per heavy atom. The number of carbonyl (C=O) groups excluding carboxylic acids is 3. The summed E-state index contributed by atoms with van der Waals surface area (Å²) in [5.74, 6) is 8.28. The summed E-state index contributed by atoms with van der Waals surface area (Å²) in [6, 6.07) is 75.7. The molecule has 0 bridgehead atoms. The van der Waals surface area contributed by atoms with Crippen molar-refractivity contribution in [2.24, 2.45) is 11.8 Å². The number of esters is 2. The molecule has 18 heteroatoms. The molecule has 3 aliphatic rings. The number of phenolic OH excluding ortho intramolecular Hbond substituents is 4. The summed E-state index contributed by atoms with van der Waals surface area (Å²) in [5.41, 5.74) is 16.1. The summed E-state index contributed by atoms with van der Waals surface area (Å²) in [4.78, 5) is 38.3. The van der Waals surface area contributed by atoms with Gasteiger partial charge in [0.1, 0.15) is 73.0 Å². The van der Waals surface area contributed by atoms with E-state index >= 15 is 0 Å². The van der Waals surface area contributed by atoms with Crippen molar-refractivity contribution in [1.82, 2.24) is 9.80 Å². The van der Waals surface area contributed by atoms with Crippen LogP contribution in [0, 0.1) is 18.8 Å². The highest BCUT2D eigenvalue weighted by Gasteiger charge is 2.35. The lowest BCUT2D eigenvalue weighted by atomic mass is 9.93. The van der Waals surface area contributed by atoms with Gasteiger partial charge in [-0.3, -0.25) is 19.4 Å². The van der Waals surface area contributed by atoms with E-state index in [1.807, 2.05) is 108 Å². The van der Waals surface area contributed by atoms with Crippen LogP contribution >= 0.6 is 0 Å². The van der Waals surface area contributed by atoms with E-state index in [-0.39, 0.29) is 55.1 Å². The maximum absolute atomic E-state index is 12.1. The van der Waals surface area contributed by atoms with Gasteiger partial charge in [-0.25, -0.2) is 4.79 Å². The predicted octanol–water partition coefficient (Wildman–Crippen LogP) is 28.8. The standard InChI is InChI=1S/C23H32O4.2C14H14.C13H24N2O5.C13H20O.C11H14O3.3C10H14O/c1-6-18(3)19-7-9-22(10-8-19)26-11-12-27-23-20(15-24-4)13-17(2)14-21(23)16-25-5;2*1-9-10(2)13-8-4-6-11-5-3-7-12(9)14(11)13;1-5-10(2)12(16)20-11-6-14(8-18-3)13(17)15(7-11)9-19-4;1-5-10(2)11-6-8-12(9-7-11)13(3,4)14;1-3-8(2)11(13)14-10-6-4-9(12)5-7-10;2*1-3-8(2)9-4-6-10(11)7-5-9;1-3-8(2)9-5-4-6-10(11)7-9/h7-10,13-14,18H,6,11-12,15-16H2,1-5H3;2*3-10H,1-2H3;10-11H,5-9H2,1-4H3;6-10,14H,5H2,1-4H3;4-8,12H,3H2,1-2H3;3*4-8,11H,3H2,1-2H3. The van der Waals surface area contributed by atoms with Gasteiger partial charge in [-0.2, -0.15) is 0 Å². The lowest BCUT2D eigenvalue weighted by Crippen LogP contribution is -2.57. The van der Waals surface area contributed by atoms with Crippen LogP contribution in [0.2, 0.25) is 0 Å². The number of hydrogen-bond acceptors (Lipinski definition) is 16. The molecule has 1 aliphatic heterocycles. The van der Waals surface area contributed by atoms with Crippen molar-refractivity contribution in [3.8, 4) is 40.2 Å². The minimum atomic E-state index is -0.728. The van der Waals surface area contributed by atoms with Gasteiger partial charge in [0.15, 0.2) is 0 Å². The van der Waals surface area contributed by atoms with Crippen LogP contribution in [0.15, 0.2) is 231 Å². The number of carbonyl (C=O) groups is 3. The van der Waals surface area contributed by atoms with Crippen molar-refractivity contribution in [3.63, 3.8) is 0 Å². The van der Waals surface area contributed by atoms with E-state index in [0.29, 0.717) is 116 Å². The van der Waals surface area contributed by atoms with Crippen molar-refractivity contribution < 1.29 is 77.8 Å². The van der Waals surface area contributed by atoms with Gasteiger partial charge in [0.2, 0.25) is 0 Å². The zero-order chi connectivity index (χ0) is 100. The Morgan fingerprint density at radius 2 is 0.721 bits per heavy atom. The molecule has 1 fully saturated rings. The third kappa shape index (κ3) is 35.1. The molecule has 0 spiro atoms. The SMILES string of the molecule is CC1c2cccc3cccc(c23)C1C.CC1c2cccc3cccc(c23)C1C.CCC(C)C(=O)OC1CN(COC)C(=O)N(COC)C1.CCC(C)C(=O)Oc1ccc(O)cc1.CCC(C)c1ccc(C(C)(C)O)cc1.CCC(C)c1ccc(O)cc1.CCC(C)c1ccc(O)cc1.CCC(C)c1ccc(OCCOc2c(COC)cc(C)cc2COC)cc1.CCC(C)c1cccc(O)c1. The first-order valence-corrected chi connectivity index (χ1v) is 48.9. The van der Waals surface area contributed by atoms with Gasteiger partial charge in [-0.15, -0.1) is 0 Å². The van der Waals surface area contributed by atoms with E-state index in [4.69, 9.17) is 58.3 Å². The first-order chi connectivity index (χ1) is 65.0. The topological polar surface area (TPSA) is 233 Å². The fraction of sp³-hybridized carbons (Fsp3) is 0.449. The molecule has 11 aromatic rings. The number of rotatable bonds is 30. The number of methoxy groups -OCH3 is 4. The molecule has 14 rings (SSSR count). The van der Waals surface area contributed by atoms with Crippen LogP contribution in [-0.2, 0) is 52.1 Å². The van der Waals surface area contributed by atoms with Crippen molar-refractivity contribution in [1.29, 1.82) is 0 Å². The average Bonchev–Trinajstić information content (AvgIpc) is 1.61. The van der Waals surface area contributed by atoms with Crippen molar-refractivity contribution >= 4 is 39.5 Å². The zero-order valence-electron chi connectivity index (χ0n) is 86.1. The normalized spacial score (nSPS) is 15.9. The Kier molecular flexibility index (Phi) is 48.7. The molecule has 1 heterocycles. The number of benzene rings is 11. The molecule has 1 saturated heterocycles. The van der Waals surface area contributed by atoms with E-state index in [0.717, 1.165) is 73.1 Å². The van der Waals surface area contributed by atoms with Crippen LogP contribution in [0.3, 0.4) is 0 Å². The number of amides is 2. The molecule has 136 heavy (non-hydrogen) atoms. The van der Waals surface area contributed by atoms with Crippen molar-refractivity contribution in [2.45, 2.75) is 269 Å². The molecule has 0 aromatic heterocycles. The Morgan fingerprint density at radius 3 is 1.07 bits per heavy atom. The molecule has 18 nitrogen and oxygen atoms in total. The lowest BCUT2D eigenvalue weighted by Gasteiger charge is -2.38. The summed E-state index contributed by atoms with van der Waals surface area (Å²) < 4.78 is 43.0. The fourth-order valence-corrected chi connectivity index (χ4v) is 15.9. The van der Waals surface area contributed by atoms with Crippen LogP contribution in [0.5, 0.6) is 40.2 Å². The number of aliphatic hydroxyl groups is 1. The van der Waals surface area contributed by atoms with Gasteiger partial charge >= 0.3 is 18.0 Å². The number of urea groups is 1. The molecular weight excluding hydrogens is 1700 g/mol. The van der Waals surface area contributed by atoms with Crippen LogP contribution in [0.1, 0.15) is 309 Å². The summed E-state index contributed by atoms with van der Waals surface area (Å²) in [5, 5.41) is 51.8. The number of hydrogen-bond donors (Lipinski definition) is 5. The number of ether oxygens (including phenoxy) is 8. The minimum Gasteiger partial charge on any atom is -0.508 e. The third-order valence-electron chi connectivity index (χ3n) is 26.4. The van der Waals surface area contributed by atoms with Crippen LogP contribution in [-0.4, -0.2) is 128 Å². The highest BCUT2D eigenvalue weighted by Crippen LogP contribution is 2.48. The number of aromatic hydroxyl groups is 4. The van der Waals surface area contributed by atoms with Gasteiger partial charge in [0, 0.05) is 39.6 Å². The Labute approximate surface area is 814 Å². The molecule has 5 N–H and O–H groups in total. The highest BCUT2D eigenvalue weighted by molar-refractivity contribution is 5.93. The van der Waals surface area contributed by atoms with Crippen molar-refractivity contribution in [2.75, 3.05) is 68.2 Å². The first-order valence-electron chi connectivity index (χ1n) is 48.9. The molecular formula is C118H160N2O16. The molecule has 2 amide bonds. The van der Waals surface area contributed by atoms with Crippen LogP contribution in [0.25, 0.3) is 21.5 Å². The number of aryl methyl sites for hydroxylation is 1. The molecule has 2 aliphatic carbocycles. The molecule has 738 valence electrons. The predicted molar refractivity (Wildman–Crippen MR) is 556 cm³/mol. The number of nitrogens with zero attached hydrogens (tertiary/aromatic N) is 2. The molecule has 11 aromatic carbocycles. The molecule has 11 atom stereocenters. The van der Waals surface area contributed by atoms with Crippen LogP contribution < -0.4 is 14.2 Å². The largest absolute Gasteiger partial charge is 0.508 e. The molecule has 0 radical (unpaired) electrons. The average molecular weight is 1860 g/mol. The smallest absolute Gasteiger partial charge is 0.323 e. The maximum Gasteiger partial charge on any atom is 0.323 e. The third-order valence-corrected chi connectivity index (χ3v) is 26.4. The van der Waals surface area contributed by atoms with E-state index in [9.17, 15) is 19.5 Å². The molecule has 11 unspecified atom stereocenters. The number of phenols is 4. The zero-order valence-corrected chi connectivity index (χ0v) is 86.1. The van der Waals surface area contributed by atoms with Gasteiger partial charge in [-0.05, 0) is 269 Å². The van der Waals surface area contributed by atoms with Gasteiger partial charge < -0.3 is 63.4 Å². The highest BCUT2D eigenvalue weighted by atomic mass is 16.6. The van der Waals surface area contributed by atoms with Gasteiger partial charge in [-0.1, -0.05) is 288 Å². The summed E-state index contributed by atoms with van der Waals surface area (Å²) in [7, 11) is 6.41. The van der Waals surface area contributed by atoms with E-state index in [1.165, 1.54) is 113 Å². The Bertz CT molecular complexity index is 5050. The quantitative estimate of drug-likeness (QED) is 0.0160. The minimum absolute atomic E-state index is 0.0937. The fourth-order valence-electron chi connectivity index (χ4n) is 15.9. The van der Waals surface area contributed by atoms with E-state index in [2.05, 4.69) is 213 Å². The molecule has 0 saturated carbocycles. The first kappa shape index (κ1) is 113. The second-order valence-corrected chi connectivity index (χ2v) is 36.9. The van der Waals surface area contributed by atoms with E-state index < -0.39 is 5.60 Å². The van der Waals surface area contributed by atoms with Crippen LogP contribution in [0.4, 0.5) is 4.79 Å². The van der Waals surface area contributed by atoms with E-state index in [1.54, 1.807) is 56.7 Å². The van der Waals surface area contributed by atoms with Gasteiger partial charge in [0.05, 0.1) is 43.7 Å². The Hall–Kier alpha value is -11.3. The van der Waals surface area contributed by atoms with Gasteiger partial charge in [0.25, 0.3) is 0 Å². The summed E-state index contributed by atoms with van der Waals surface area (Å²) >= 11 is 0. The summed E-state index contributed by atoms with van der Waals surface area (Å²) in [6.07, 6.45) is 6.82. The Balaban J connectivity index is 0.000000239. The second-order valence-electron chi connectivity index (χ2n) is 36.9. The lowest BCUT2D eigenvalue weighted by molar-refractivity contribution is -0.158.